The molecule has 1 aliphatic rings. The molecule has 0 bridgehead atoms. The summed E-state index contributed by atoms with van der Waals surface area (Å²) in [5, 5.41) is 6.29. The number of ether oxygens (including phenoxy) is 1. The number of carbonyl (C=O) groups excluding carboxylic acids is 1. The summed E-state index contributed by atoms with van der Waals surface area (Å²) in [6.45, 7) is 2.71. The minimum absolute atomic E-state index is 0.143. The van der Waals surface area contributed by atoms with Gasteiger partial charge in [0.2, 0.25) is 0 Å². The SMILES string of the molecule is COc1ccc(C(=O)NCC2CCCC(C)N2)cc1F. The van der Waals surface area contributed by atoms with E-state index in [0.29, 0.717) is 24.2 Å². The van der Waals surface area contributed by atoms with Crippen LogP contribution in [-0.4, -0.2) is 31.6 Å². The van der Waals surface area contributed by atoms with Gasteiger partial charge in [0.1, 0.15) is 0 Å². The molecule has 4 nitrogen and oxygen atoms in total. The van der Waals surface area contributed by atoms with Crippen molar-refractivity contribution in [2.45, 2.75) is 38.3 Å². The number of halogens is 1. The number of nitrogens with one attached hydrogen (secondary N) is 2. The highest BCUT2D eigenvalue weighted by Gasteiger charge is 2.18. The van der Waals surface area contributed by atoms with Crippen LogP contribution in [0.25, 0.3) is 0 Å². The fourth-order valence-electron chi connectivity index (χ4n) is 2.53. The van der Waals surface area contributed by atoms with E-state index in [-0.39, 0.29) is 11.7 Å². The van der Waals surface area contributed by atoms with E-state index in [9.17, 15) is 9.18 Å². The topological polar surface area (TPSA) is 50.4 Å². The maximum Gasteiger partial charge on any atom is 0.251 e. The fourth-order valence-corrected chi connectivity index (χ4v) is 2.53. The molecule has 5 heteroatoms. The maximum atomic E-state index is 13.5. The Morgan fingerprint density at radius 1 is 1.50 bits per heavy atom. The van der Waals surface area contributed by atoms with Gasteiger partial charge >= 0.3 is 0 Å². The van der Waals surface area contributed by atoms with Crippen LogP contribution in [0.5, 0.6) is 5.75 Å². The molecule has 0 radical (unpaired) electrons. The molecular formula is C15H21FN2O2. The average Bonchev–Trinajstić information content (AvgIpc) is 2.44. The second-order valence-electron chi connectivity index (χ2n) is 5.25. The minimum atomic E-state index is -0.524. The van der Waals surface area contributed by atoms with Crippen LogP contribution in [0.2, 0.25) is 0 Å². The molecule has 0 aliphatic carbocycles. The first kappa shape index (κ1) is 14.8. The highest BCUT2D eigenvalue weighted by molar-refractivity contribution is 5.94. The standard InChI is InChI=1S/C15H21FN2O2/c1-10-4-3-5-12(18-10)9-17-15(19)11-6-7-14(20-2)13(16)8-11/h6-8,10,12,18H,3-5,9H2,1-2H3,(H,17,19). The van der Waals surface area contributed by atoms with Crippen LogP contribution >= 0.6 is 0 Å². The molecular weight excluding hydrogens is 259 g/mol. The first-order valence-electron chi connectivity index (χ1n) is 6.98. The first-order valence-corrected chi connectivity index (χ1v) is 6.98. The Morgan fingerprint density at radius 3 is 2.95 bits per heavy atom. The monoisotopic (exact) mass is 280 g/mol. The third-order valence-corrected chi connectivity index (χ3v) is 3.63. The lowest BCUT2D eigenvalue weighted by molar-refractivity contribution is 0.0946. The van der Waals surface area contributed by atoms with Crippen molar-refractivity contribution in [2.24, 2.45) is 0 Å². The number of piperidine rings is 1. The van der Waals surface area contributed by atoms with E-state index in [1.54, 1.807) is 6.07 Å². The van der Waals surface area contributed by atoms with Gasteiger partial charge in [-0.25, -0.2) is 4.39 Å². The Bertz CT molecular complexity index is 479. The Kier molecular flexibility index (Phi) is 4.95. The van der Waals surface area contributed by atoms with E-state index in [1.165, 1.54) is 32.1 Å². The second-order valence-corrected chi connectivity index (χ2v) is 5.25. The number of carbonyl (C=O) groups is 1. The van der Waals surface area contributed by atoms with Gasteiger partial charge < -0.3 is 15.4 Å². The summed E-state index contributed by atoms with van der Waals surface area (Å²) < 4.78 is 18.4. The molecule has 2 N–H and O–H groups in total. The molecule has 0 saturated carbocycles. The molecule has 0 aromatic heterocycles. The van der Waals surface area contributed by atoms with Crippen molar-refractivity contribution in [1.82, 2.24) is 10.6 Å². The van der Waals surface area contributed by atoms with Crippen molar-refractivity contribution in [3.8, 4) is 5.75 Å². The third kappa shape index (κ3) is 3.70. The number of rotatable bonds is 4. The molecule has 2 unspecified atom stereocenters. The summed E-state index contributed by atoms with van der Waals surface area (Å²) in [5.41, 5.74) is 0.312. The number of methoxy groups -OCH3 is 1. The molecule has 1 heterocycles. The quantitative estimate of drug-likeness (QED) is 0.888. The van der Waals surface area contributed by atoms with Gasteiger partial charge in [-0.3, -0.25) is 4.79 Å². The zero-order chi connectivity index (χ0) is 14.5. The lowest BCUT2D eigenvalue weighted by atomic mass is 9.99. The Hall–Kier alpha value is -1.62. The molecule has 1 aromatic rings. The molecule has 1 aromatic carbocycles. The van der Waals surface area contributed by atoms with E-state index in [2.05, 4.69) is 17.6 Å². The van der Waals surface area contributed by atoms with Crippen molar-refractivity contribution < 1.29 is 13.9 Å². The fraction of sp³-hybridized carbons (Fsp3) is 0.533. The molecule has 1 fully saturated rings. The average molecular weight is 280 g/mol. The molecule has 1 aliphatic heterocycles. The summed E-state index contributed by atoms with van der Waals surface area (Å²) in [6, 6.07) is 5.01. The van der Waals surface area contributed by atoms with E-state index in [1.807, 2.05) is 0 Å². The molecule has 1 amide bonds. The van der Waals surface area contributed by atoms with E-state index >= 15 is 0 Å². The third-order valence-electron chi connectivity index (χ3n) is 3.63. The Morgan fingerprint density at radius 2 is 2.30 bits per heavy atom. The van der Waals surface area contributed by atoms with Gasteiger partial charge in [-0.1, -0.05) is 6.42 Å². The number of benzene rings is 1. The minimum Gasteiger partial charge on any atom is -0.494 e. The number of amides is 1. The smallest absolute Gasteiger partial charge is 0.251 e. The van der Waals surface area contributed by atoms with Crippen molar-refractivity contribution in [3.63, 3.8) is 0 Å². The van der Waals surface area contributed by atoms with E-state index < -0.39 is 5.82 Å². The number of hydrogen-bond acceptors (Lipinski definition) is 3. The normalized spacial score (nSPS) is 22.4. The molecule has 0 spiro atoms. The van der Waals surface area contributed by atoms with Crippen LogP contribution in [0, 0.1) is 5.82 Å². The predicted molar refractivity (Wildman–Crippen MR) is 75.5 cm³/mol. The zero-order valence-corrected chi connectivity index (χ0v) is 11.9. The summed E-state index contributed by atoms with van der Waals surface area (Å²) >= 11 is 0. The largest absolute Gasteiger partial charge is 0.494 e. The summed E-state index contributed by atoms with van der Waals surface area (Å²) in [7, 11) is 1.40. The lowest BCUT2D eigenvalue weighted by Crippen LogP contribution is -2.47. The van der Waals surface area contributed by atoms with Crippen LogP contribution in [0.3, 0.4) is 0 Å². The number of hydrogen-bond donors (Lipinski definition) is 2. The highest BCUT2D eigenvalue weighted by Crippen LogP contribution is 2.17. The highest BCUT2D eigenvalue weighted by atomic mass is 19.1. The van der Waals surface area contributed by atoms with Gasteiger partial charge in [0.25, 0.3) is 5.91 Å². The van der Waals surface area contributed by atoms with Gasteiger partial charge in [0.15, 0.2) is 11.6 Å². The van der Waals surface area contributed by atoms with Crippen molar-refractivity contribution in [1.29, 1.82) is 0 Å². The zero-order valence-electron chi connectivity index (χ0n) is 11.9. The van der Waals surface area contributed by atoms with Gasteiger partial charge in [-0.2, -0.15) is 0 Å². The van der Waals surface area contributed by atoms with E-state index in [0.717, 1.165) is 6.42 Å². The van der Waals surface area contributed by atoms with Gasteiger partial charge in [-0.05, 0) is 38.0 Å². The Labute approximate surface area is 118 Å². The first-order chi connectivity index (χ1) is 9.60. The molecule has 2 rings (SSSR count). The van der Waals surface area contributed by atoms with Crippen LogP contribution in [0.1, 0.15) is 36.5 Å². The van der Waals surface area contributed by atoms with Gasteiger partial charge in [-0.15, -0.1) is 0 Å². The summed E-state index contributed by atoms with van der Waals surface area (Å²) in [4.78, 5) is 12.0. The molecule has 20 heavy (non-hydrogen) atoms. The van der Waals surface area contributed by atoms with Crippen molar-refractivity contribution in [3.05, 3.63) is 29.6 Å². The second kappa shape index (κ2) is 6.70. The molecule has 110 valence electrons. The van der Waals surface area contributed by atoms with Crippen LogP contribution < -0.4 is 15.4 Å². The van der Waals surface area contributed by atoms with Gasteiger partial charge in [0, 0.05) is 24.2 Å². The lowest BCUT2D eigenvalue weighted by Gasteiger charge is -2.28. The molecule has 1 saturated heterocycles. The van der Waals surface area contributed by atoms with Crippen LogP contribution in [0.4, 0.5) is 4.39 Å². The van der Waals surface area contributed by atoms with Gasteiger partial charge in [0.05, 0.1) is 7.11 Å². The van der Waals surface area contributed by atoms with Crippen LogP contribution in [0.15, 0.2) is 18.2 Å². The summed E-state index contributed by atoms with van der Waals surface area (Å²) in [6.07, 6.45) is 3.40. The van der Waals surface area contributed by atoms with E-state index in [4.69, 9.17) is 4.74 Å². The molecule has 2 atom stereocenters. The maximum absolute atomic E-state index is 13.5. The van der Waals surface area contributed by atoms with Crippen molar-refractivity contribution in [2.75, 3.05) is 13.7 Å². The Balaban J connectivity index is 1.90. The van der Waals surface area contributed by atoms with Crippen molar-refractivity contribution >= 4 is 5.91 Å². The van der Waals surface area contributed by atoms with Crippen LogP contribution in [-0.2, 0) is 0 Å². The predicted octanol–water partition coefficient (Wildman–Crippen LogP) is 2.09. The summed E-state index contributed by atoms with van der Waals surface area (Å²) in [5.74, 6) is -0.638.